The van der Waals surface area contributed by atoms with E-state index in [1.165, 1.54) is 0 Å². The van der Waals surface area contributed by atoms with Gasteiger partial charge in [0, 0.05) is 25.2 Å². The van der Waals surface area contributed by atoms with Crippen LogP contribution in [-0.2, 0) is 20.8 Å². The number of hydrogen-bond acceptors (Lipinski definition) is 5. The Morgan fingerprint density at radius 2 is 1.88 bits per heavy atom. The van der Waals surface area contributed by atoms with Crippen LogP contribution in [0.4, 0.5) is 0 Å². The molecule has 142 valence electrons. The summed E-state index contributed by atoms with van der Waals surface area (Å²) in [6, 6.07) is 5.90. The standard InChI is InChI=1S/C20H29N3O3/c24-19-20(6-3-9-22(19)14-18-5-1-2-8-21-18)7-4-10-23(20)13-17-15-25-11-12-26-16-17/h1-2,5,8,17H,3-4,6-7,9-16H2. The van der Waals surface area contributed by atoms with Crippen molar-refractivity contribution in [1.82, 2.24) is 14.8 Å². The molecule has 26 heavy (non-hydrogen) atoms. The zero-order valence-corrected chi connectivity index (χ0v) is 15.4. The number of aromatic nitrogens is 1. The predicted molar refractivity (Wildman–Crippen MR) is 97.6 cm³/mol. The summed E-state index contributed by atoms with van der Waals surface area (Å²) in [6.45, 7) is 6.17. The summed E-state index contributed by atoms with van der Waals surface area (Å²) < 4.78 is 11.3. The number of ether oxygens (including phenoxy) is 2. The van der Waals surface area contributed by atoms with Gasteiger partial charge >= 0.3 is 0 Å². The number of nitrogens with zero attached hydrogens (tertiary/aromatic N) is 3. The zero-order chi connectivity index (χ0) is 17.8. The minimum atomic E-state index is -0.320. The predicted octanol–water partition coefficient (Wildman–Crippen LogP) is 1.70. The van der Waals surface area contributed by atoms with Crippen molar-refractivity contribution in [2.45, 2.75) is 37.8 Å². The lowest BCUT2D eigenvalue weighted by Gasteiger charge is -2.45. The van der Waals surface area contributed by atoms with Crippen molar-refractivity contribution in [3.63, 3.8) is 0 Å². The van der Waals surface area contributed by atoms with Gasteiger partial charge in [-0.3, -0.25) is 14.7 Å². The van der Waals surface area contributed by atoms with Gasteiger partial charge in [-0.1, -0.05) is 6.07 Å². The van der Waals surface area contributed by atoms with Gasteiger partial charge in [-0.05, 0) is 44.4 Å². The third-order valence-electron chi connectivity index (χ3n) is 5.96. The number of carbonyl (C=O) groups is 1. The lowest BCUT2D eigenvalue weighted by atomic mass is 9.84. The summed E-state index contributed by atoms with van der Waals surface area (Å²) in [4.78, 5) is 22.3. The molecule has 0 bridgehead atoms. The number of carbonyl (C=O) groups excluding carboxylic acids is 1. The number of likely N-dealkylation sites (tertiary alicyclic amines) is 2. The molecule has 1 spiro atoms. The molecular weight excluding hydrogens is 330 g/mol. The van der Waals surface area contributed by atoms with Gasteiger partial charge in [-0.25, -0.2) is 0 Å². The van der Waals surface area contributed by atoms with Crippen molar-refractivity contribution in [1.29, 1.82) is 0 Å². The van der Waals surface area contributed by atoms with Gasteiger partial charge in [-0.2, -0.15) is 0 Å². The molecule has 1 aromatic rings. The van der Waals surface area contributed by atoms with E-state index in [-0.39, 0.29) is 5.54 Å². The molecule has 0 aliphatic carbocycles. The summed E-state index contributed by atoms with van der Waals surface area (Å²) in [6.07, 6.45) is 5.90. The lowest BCUT2D eigenvalue weighted by molar-refractivity contribution is -0.149. The Kier molecular flexibility index (Phi) is 5.52. The smallest absolute Gasteiger partial charge is 0.243 e. The van der Waals surface area contributed by atoms with Crippen LogP contribution in [-0.4, -0.2) is 72.3 Å². The van der Waals surface area contributed by atoms with Gasteiger partial charge in [0.1, 0.15) is 5.54 Å². The van der Waals surface area contributed by atoms with Crippen LogP contribution in [0.1, 0.15) is 31.4 Å². The van der Waals surface area contributed by atoms with E-state index in [1.807, 2.05) is 23.1 Å². The summed E-state index contributed by atoms with van der Waals surface area (Å²) >= 11 is 0. The second-order valence-electron chi connectivity index (χ2n) is 7.75. The van der Waals surface area contributed by atoms with Crippen molar-refractivity contribution in [2.75, 3.05) is 46.1 Å². The Hall–Kier alpha value is -1.50. The maximum Gasteiger partial charge on any atom is 0.243 e. The molecule has 1 amide bonds. The van der Waals surface area contributed by atoms with Crippen LogP contribution in [0.25, 0.3) is 0 Å². The molecule has 3 saturated heterocycles. The van der Waals surface area contributed by atoms with E-state index < -0.39 is 0 Å². The number of hydrogen-bond donors (Lipinski definition) is 0. The van der Waals surface area contributed by atoms with E-state index >= 15 is 0 Å². The van der Waals surface area contributed by atoms with Gasteiger partial charge in [-0.15, -0.1) is 0 Å². The van der Waals surface area contributed by atoms with Gasteiger partial charge < -0.3 is 14.4 Å². The Bertz CT molecular complexity index is 604. The third-order valence-corrected chi connectivity index (χ3v) is 5.96. The molecule has 0 saturated carbocycles. The van der Waals surface area contributed by atoms with Gasteiger partial charge in [0.05, 0.1) is 38.7 Å². The number of amides is 1. The van der Waals surface area contributed by atoms with E-state index in [1.54, 1.807) is 6.20 Å². The topological polar surface area (TPSA) is 54.9 Å². The van der Waals surface area contributed by atoms with Crippen LogP contribution < -0.4 is 0 Å². The molecule has 6 heteroatoms. The first-order chi connectivity index (χ1) is 12.8. The molecule has 0 N–H and O–H groups in total. The highest BCUT2D eigenvalue weighted by Gasteiger charge is 2.51. The third kappa shape index (κ3) is 3.63. The molecule has 3 aliphatic rings. The van der Waals surface area contributed by atoms with Crippen LogP contribution >= 0.6 is 0 Å². The second-order valence-corrected chi connectivity index (χ2v) is 7.75. The summed E-state index contributed by atoms with van der Waals surface area (Å²) in [7, 11) is 0. The van der Waals surface area contributed by atoms with Crippen LogP contribution in [0.5, 0.6) is 0 Å². The molecule has 4 rings (SSSR count). The van der Waals surface area contributed by atoms with E-state index in [0.717, 1.165) is 64.2 Å². The van der Waals surface area contributed by atoms with Gasteiger partial charge in [0.15, 0.2) is 0 Å². The summed E-state index contributed by atoms with van der Waals surface area (Å²) in [5.74, 6) is 0.647. The van der Waals surface area contributed by atoms with Crippen molar-refractivity contribution in [3.05, 3.63) is 30.1 Å². The van der Waals surface area contributed by atoms with E-state index in [2.05, 4.69) is 9.88 Å². The van der Waals surface area contributed by atoms with Crippen LogP contribution in [0.2, 0.25) is 0 Å². The minimum absolute atomic E-state index is 0.294. The van der Waals surface area contributed by atoms with Gasteiger partial charge in [0.2, 0.25) is 5.91 Å². The Labute approximate surface area is 155 Å². The Balaban J connectivity index is 1.47. The average Bonchev–Trinajstić information content (AvgIpc) is 2.87. The Morgan fingerprint density at radius 3 is 2.62 bits per heavy atom. The number of rotatable bonds is 4. The molecule has 3 aliphatic heterocycles. The first-order valence-corrected chi connectivity index (χ1v) is 9.88. The van der Waals surface area contributed by atoms with Crippen LogP contribution in [0, 0.1) is 5.92 Å². The molecule has 3 fully saturated rings. The summed E-state index contributed by atoms with van der Waals surface area (Å²) in [5.41, 5.74) is 0.646. The maximum atomic E-state index is 13.5. The molecule has 1 atom stereocenters. The van der Waals surface area contributed by atoms with E-state index in [0.29, 0.717) is 31.6 Å². The van der Waals surface area contributed by atoms with E-state index in [4.69, 9.17) is 9.47 Å². The number of piperidine rings is 1. The monoisotopic (exact) mass is 359 g/mol. The van der Waals surface area contributed by atoms with Crippen molar-refractivity contribution >= 4 is 5.91 Å². The summed E-state index contributed by atoms with van der Waals surface area (Å²) in [5, 5.41) is 0. The van der Waals surface area contributed by atoms with Crippen molar-refractivity contribution < 1.29 is 14.3 Å². The molecular formula is C20H29N3O3. The zero-order valence-electron chi connectivity index (χ0n) is 15.4. The molecule has 0 radical (unpaired) electrons. The molecule has 0 aromatic carbocycles. The van der Waals surface area contributed by atoms with Crippen LogP contribution in [0.3, 0.4) is 0 Å². The largest absolute Gasteiger partial charge is 0.379 e. The highest BCUT2D eigenvalue weighted by atomic mass is 16.5. The molecule has 4 heterocycles. The SMILES string of the molecule is O=C1N(Cc2ccccn2)CCCC12CCCN2CC1COCCOC1. The fourth-order valence-corrected chi connectivity index (χ4v) is 4.71. The normalized spacial score (nSPS) is 28.6. The highest BCUT2D eigenvalue weighted by molar-refractivity contribution is 5.87. The molecule has 1 unspecified atom stereocenters. The fourth-order valence-electron chi connectivity index (χ4n) is 4.71. The highest BCUT2D eigenvalue weighted by Crippen LogP contribution is 2.39. The quantitative estimate of drug-likeness (QED) is 0.819. The van der Waals surface area contributed by atoms with Gasteiger partial charge in [0.25, 0.3) is 0 Å². The minimum Gasteiger partial charge on any atom is -0.379 e. The van der Waals surface area contributed by atoms with Crippen molar-refractivity contribution in [3.8, 4) is 0 Å². The number of pyridine rings is 1. The molecule has 1 aromatic heterocycles. The van der Waals surface area contributed by atoms with Crippen LogP contribution in [0.15, 0.2) is 24.4 Å². The maximum absolute atomic E-state index is 13.5. The first kappa shape index (κ1) is 17.9. The Morgan fingerprint density at radius 1 is 1.12 bits per heavy atom. The molecule has 6 nitrogen and oxygen atoms in total. The van der Waals surface area contributed by atoms with Crippen molar-refractivity contribution in [2.24, 2.45) is 5.92 Å². The fraction of sp³-hybridized carbons (Fsp3) is 0.700. The average molecular weight is 359 g/mol. The first-order valence-electron chi connectivity index (χ1n) is 9.88. The second kappa shape index (κ2) is 8.03. The van der Waals surface area contributed by atoms with E-state index in [9.17, 15) is 4.79 Å². The lowest BCUT2D eigenvalue weighted by Crippen LogP contribution is -2.60.